The Balaban J connectivity index is 2.05. The van der Waals surface area contributed by atoms with Gasteiger partial charge in [0.05, 0.1) is 31.5 Å². The molecule has 0 radical (unpaired) electrons. The van der Waals surface area contributed by atoms with Gasteiger partial charge in [-0.05, 0) is 20.8 Å². The zero-order valence-corrected chi connectivity index (χ0v) is 10.0. The van der Waals surface area contributed by atoms with Crippen molar-refractivity contribution < 1.29 is 14.2 Å². The van der Waals surface area contributed by atoms with E-state index in [1.54, 1.807) is 0 Å². The molecule has 0 spiro atoms. The Morgan fingerprint density at radius 3 is 2.73 bits per heavy atom. The summed E-state index contributed by atoms with van der Waals surface area (Å²) in [6, 6.07) is 0. The van der Waals surface area contributed by atoms with Crippen molar-refractivity contribution >= 4 is 0 Å². The van der Waals surface area contributed by atoms with Crippen LogP contribution in [0.15, 0.2) is 0 Å². The fraction of sp³-hybridized carbons (Fsp3) is 1.00. The van der Waals surface area contributed by atoms with Gasteiger partial charge in [-0.25, -0.2) is 0 Å². The van der Waals surface area contributed by atoms with Gasteiger partial charge in [-0.3, -0.25) is 0 Å². The number of hydrogen-bond donors (Lipinski definition) is 1. The monoisotopic (exact) mass is 217 g/mol. The topological polar surface area (TPSA) is 39.7 Å². The van der Waals surface area contributed by atoms with Crippen molar-refractivity contribution in [1.29, 1.82) is 0 Å². The summed E-state index contributed by atoms with van der Waals surface area (Å²) in [5.74, 6) is 0. The second-order valence-electron chi connectivity index (χ2n) is 4.40. The molecule has 15 heavy (non-hydrogen) atoms. The fourth-order valence-electron chi connectivity index (χ4n) is 1.64. The SMILES string of the molecule is CCOCCOCC1CNCC(C)(C)O1. The summed E-state index contributed by atoms with van der Waals surface area (Å²) >= 11 is 0. The van der Waals surface area contributed by atoms with Crippen LogP contribution < -0.4 is 5.32 Å². The maximum absolute atomic E-state index is 5.85. The molecule has 1 rings (SSSR count). The van der Waals surface area contributed by atoms with Gasteiger partial charge in [0.15, 0.2) is 0 Å². The lowest BCUT2D eigenvalue weighted by Crippen LogP contribution is -2.51. The molecule has 90 valence electrons. The molecule has 0 aromatic carbocycles. The van der Waals surface area contributed by atoms with Gasteiger partial charge in [0, 0.05) is 19.7 Å². The van der Waals surface area contributed by atoms with E-state index in [-0.39, 0.29) is 11.7 Å². The van der Waals surface area contributed by atoms with E-state index in [2.05, 4.69) is 19.2 Å². The minimum atomic E-state index is -0.0772. The van der Waals surface area contributed by atoms with Crippen molar-refractivity contribution in [3.8, 4) is 0 Å². The maximum atomic E-state index is 5.85. The first-order chi connectivity index (χ1) is 7.14. The van der Waals surface area contributed by atoms with Crippen molar-refractivity contribution in [3.63, 3.8) is 0 Å². The molecule has 1 atom stereocenters. The molecule has 0 aromatic rings. The Hall–Kier alpha value is -0.160. The van der Waals surface area contributed by atoms with Crippen LogP contribution >= 0.6 is 0 Å². The summed E-state index contributed by atoms with van der Waals surface area (Å²) in [4.78, 5) is 0. The van der Waals surface area contributed by atoms with E-state index in [1.807, 2.05) is 6.92 Å². The Labute approximate surface area is 92.3 Å². The molecule has 4 nitrogen and oxygen atoms in total. The van der Waals surface area contributed by atoms with Gasteiger partial charge in [0.2, 0.25) is 0 Å². The summed E-state index contributed by atoms with van der Waals surface area (Å²) in [5.41, 5.74) is -0.0772. The van der Waals surface area contributed by atoms with E-state index < -0.39 is 0 Å². The van der Waals surface area contributed by atoms with Crippen LogP contribution in [0.1, 0.15) is 20.8 Å². The predicted molar refractivity (Wildman–Crippen MR) is 59.1 cm³/mol. The van der Waals surface area contributed by atoms with Crippen LogP contribution in [-0.2, 0) is 14.2 Å². The van der Waals surface area contributed by atoms with Crippen molar-refractivity contribution in [2.45, 2.75) is 32.5 Å². The average Bonchev–Trinajstić information content (AvgIpc) is 2.16. The van der Waals surface area contributed by atoms with Crippen LogP contribution in [0.4, 0.5) is 0 Å². The van der Waals surface area contributed by atoms with E-state index >= 15 is 0 Å². The first kappa shape index (κ1) is 12.9. The van der Waals surface area contributed by atoms with Gasteiger partial charge in [0.25, 0.3) is 0 Å². The summed E-state index contributed by atoms with van der Waals surface area (Å²) in [7, 11) is 0. The number of nitrogens with one attached hydrogen (secondary N) is 1. The number of rotatable bonds is 6. The molecule has 1 N–H and O–H groups in total. The zero-order valence-electron chi connectivity index (χ0n) is 10.0. The second kappa shape index (κ2) is 6.43. The molecule has 1 aliphatic rings. The van der Waals surface area contributed by atoms with E-state index in [4.69, 9.17) is 14.2 Å². The second-order valence-corrected chi connectivity index (χ2v) is 4.40. The molecule has 1 aliphatic heterocycles. The highest BCUT2D eigenvalue weighted by atomic mass is 16.6. The van der Waals surface area contributed by atoms with Gasteiger partial charge in [-0.2, -0.15) is 0 Å². The lowest BCUT2D eigenvalue weighted by atomic mass is 10.1. The van der Waals surface area contributed by atoms with E-state index in [9.17, 15) is 0 Å². The van der Waals surface area contributed by atoms with Gasteiger partial charge in [-0.15, -0.1) is 0 Å². The van der Waals surface area contributed by atoms with Gasteiger partial charge >= 0.3 is 0 Å². The van der Waals surface area contributed by atoms with Crippen LogP contribution in [0.3, 0.4) is 0 Å². The quantitative estimate of drug-likeness (QED) is 0.668. The summed E-state index contributed by atoms with van der Waals surface area (Å²) < 4.78 is 16.5. The molecule has 0 bridgehead atoms. The van der Waals surface area contributed by atoms with Crippen LogP contribution in [0.5, 0.6) is 0 Å². The summed E-state index contributed by atoms with van der Waals surface area (Å²) in [6.07, 6.45) is 0.162. The van der Waals surface area contributed by atoms with Gasteiger partial charge in [-0.1, -0.05) is 0 Å². The molecule has 1 heterocycles. The van der Waals surface area contributed by atoms with Crippen LogP contribution in [-0.4, -0.2) is 51.2 Å². The van der Waals surface area contributed by atoms with Crippen molar-refractivity contribution in [2.75, 3.05) is 39.5 Å². The van der Waals surface area contributed by atoms with Gasteiger partial charge in [0.1, 0.15) is 0 Å². The first-order valence-corrected chi connectivity index (χ1v) is 5.68. The average molecular weight is 217 g/mol. The molecule has 0 aliphatic carbocycles. The van der Waals surface area contributed by atoms with E-state index in [0.717, 1.165) is 19.7 Å². The van der Waals surface area contributed by atoms with Crippen LogP contribution in [0.25, 0.3) is 0 Å². The maximum Gasteiger partial charge on any atom is 0.0940 e. The van der Waals surface area contributed by atoms with Crippen molar-refractivity contribution in [3.05, 3.63) is 0 Å². The molecule has 1 unspecified atom stereocenters. The standard InChI is InChI=1S/C11H23NO3/c1-4-13-5-6-14-8-10-7-12-9-11(2,3)15-10/h10,12H,4-9H2,1-3H3. The number of ether oxygens (including phenoxy) is 3. The molecular weight excluding hydrogens is 194 g/mol. The van der Waals surface area contributed by atoms with Crippen molar-refractivity contribution in [1.82, 2.24) is 5.32 Å². The third-order valence-corrected chi connectivity index (χ3v) is 2.29. The predicted octanol–water partition coefficient (Wildman–Crippen LogP) is 0.806. The molecule has 0 saturated carbocycles. The minimum Gasteiger partial charge on any atom is -0.379 e. The third kappa shape index (κ3) is 5.47. The Bertz CT molecular complexity index is 173. The highest BCUT2D eigenvalue weighted by Gasteiger charge is 2.28. The summed E-state index contributed by atoms with van der Waals surface area (Å²) in [5, 5.41) is 3.34. The Morgan fingerprint density at radius 2 is 2.07 bits per heavy atom. The van der Waals surface area contributed by atoms with Crippen LogP contribution in [0.2, 0.25) is 0 Å². The number of morpholine rings is 1. The smallest absolute Gasteiger partial charge is 0.0940 e. The lowest BCUT2D eigenvalue weighted by molar-refractivity contribution is -0.122. The van der Waals surface area contributed by atoms with E-state index in [0.29, 0.717) is 19.8 Å². The third-order valence-electron chi connectivity index (χ3n) is 2.29. The van der Waals surface area contributed by atoms with E-state index in [1.165, 1.54) is 0 Å². The van der Waals surface area contributed by atoms with Crippen molar-refractivity contribution in [2.24, 2.45) is 0 Å². The first-order valence-electron chi connectivity index (χ1n) is 5.68. The highest BCUT2D eigenvalue weighted by molar-refractivity contribution is 4.81. The molecule has 1 saturated heterocycles. The molecule has 0 aromatic heterocycles. The highest BCUT2D eigenvalue weighted by Crippen LogP contribution is 2.15. The van der Waals surface area contributed by atoms with Gasteiger partial charge < -0.3 is 19.5 Å². The molecule has 0 amide bonds. The summed E-state index contributed by atoms with van der Waals surface area (Å²) in [6.45, 7) is 10.6. The Kier molecular flexibility index (Phi) is 5.53. The normalized spacial score (nSPS) is 25.4. The lowest BCUT2D eigenvalue weighted by Gasteiger charge is -2.36. The zero-order chi connectivity index (χ0) is 11.1. The molecule has 4 heteroatoms. The molecule has 1 fully saturated rings. The fourth-order valence-corrected chi connectivity index (χ4v) is 1.64. The van der Waals surface area contributed by atoms with Crippen LogP contribution in [0, 0.1) is 0 Å². The molecular formula is C11H23NO3. The largest absolute Gasteiger partial charge is 0.379 e. The minimum absolute atomic E-state index is 0.0772. The Morgan fingerprint density at radius 1 is 1.33 bits per heavy atom. The number of hydrogen-bond acceptors (Lipinski definition) is 4.